The van der Waals surface area contributed by atoms with Crippen molar-refractivity contribution in [3.8, 4) is 0 Å². The quantitative estimate of drug-likeness (QED) is 0.652. The largest absolute Gasteiger partial charge is 0.392 e. The first-order valence-corrected chi connectivity index (χ1v) is 6.99. The molecule has 1 N–H and O–H groups in total. The lowest BCUT2D eigenvalue weighted by Gasteiger charge is -2.16. The number of aliphatic hydroxyl groups is 1. The van der Waals surface area contributed by atoms with Crippen LogP contribution in [-0.2, 0) is 10.0 Å². The molecule has 1 fully saturated rings. The molecule has 0 saturated carbocycles. The van der Waals surface area contributed by atoms with Crippen LogP contribution in [0, 0.1) is 21.7 Å². The highest BCUT2D eigenvalue weighted by molar-refractivity contribution is 7.89. The van der Waals surface area contributed by atoms with Crippen molar-refractivity contribution in [3.05, 3.63) is 33.9 Å². The summed E-state index contributed by atoms with van der Waals surface area (Å²) in [4.78, 5) is 8.48. The van der Waals surface area contributed by atoms with Gasteiger partial charge in [0, 0.05) is 25.2 Å². The molecule has 1 heterocycles. The number of hydrogen-bond acceptors (Lipinski definition) is 5. The molecule has 0 amide bonds. The Hall–Kier alpha value is -1.65. The lowest BCUT2D eigenvalue weighted by Crippen LogP contribution is -2.30. The van der Waals surface area contributed by atoms with Gasteiger partial charge < -0.3 is 5.11 Å². The van der Waals surface area contributed by atoms with Crippen LogP contribution < -0.4 is 0 Å². The van der Waals surface area contributed by atoms with Gasteiger partial charge in [-0.2, -0.15) is 8.70 Å². The molecular formula is C10H10F2N2O5S. The molecule has 1 aliphatic heterocycles. The monoisotopic (exact) mass is 308 g/mol. The van der Waals surface area contributed by atoms with Gasteiger partial charge in [0.05, 0.1) is 11.0 Å². The maximum absolute atomic E-state index is 13.6. The third-order valence-corrected chi connectivity index (χ3v) is 4.82. The maximum Gasteiger partial charge on any atom is 0.306 e. The Morgan fingerprint density at radius 2 is 2.00 bits per heavy atom. The first kappa shape index (κ1) is 14.8. The molecule has 0 bridgehead atoms. The molecule has 1 aromatic carbocycles. The Balaban J connectivity index is 2.51. The van der Waals surface area contributed by atoms with E-state index >= 15 is 0 Å². The van der Waals surface area contributed by atoms with E-state index in [1.807, 2.05) is 0 Å². The number of nitro benzene ring substituents is 1. The molecule has 0 aromatic heterocycles. The molecule has 10 heteroatoms. The van der Waals surface area contributed by atoms with Gasteiger partial charge in [0.15, 0.2) is 0 Å². The molecule has 1 unspecified atom stereocenters. The summed E-state index contributed by atoms with van der Waals surface area (Å²) in [5, 5.41) is 19.9. The van der Waals surface area contributed by atoms with E-state index in [4.69, 9.17) is 0 Å². The highest BCUT2D eigenvalue weighted by atomic mass is 32.2. The van der Waals surface area contributed by atoms with Crippen molar-refractivity contribution in [1.82, 2.24) is 4.31 Å². The van der Waals surface area contributed by atoms with Crippen molar-refractivity contribution in [2.75, 3.05) is 13.1 Å². The third kappa shape index (κ3) is 2.49. The van der Waals surface area contributed by atoms with E-state index in [2.05, 4.69) is 0 Å². The summed E-state index contributed by atoms with van der Waals surface area (Å²) >= 11 is 0. The van der Waals surface area contributed by atoms with Crippen LogP contribution in [0.2, 0.25) is 0 Å². The molecule has 1 aliphatic rings. The van der Waals surface area contributed by atoms with E-state index < -0.39 is 43.3 Å². The van der Waals surface area contributed by atoms with Crippen molar-refractivity contribution in [2.24, 2.45) is 0 Å². The van der Waals surface area contributed by atoms with Crippen LogP contribution in [0.25, 0.3) is 0 Å². The van der Waals surface area contributed by atoms with Crippen molar-refractivity contribution >= 4 is 15.7 Å². The predicted molar refractivity (Wildman–Crippen MR) is 62.4 cm³/mol. The molecular weight excluding hydrogens is 298 g/mol. The molecule has 0 spiro atoms. The second-order valence-electron chi connectivity index (χ2n) is 4.30. The second-order valence-corrected chi connectivity index (χ2v) is 6.20. The van der Waals surface area contributed by atoms with E-state index in [0.717, 1.165) is 4.31 Å². The number of benzene rings is 1. The summed E-state index contributed by atoms with van der Waals surface area (Å²) in [5.41, 5.74) is -1.12. The van der Waals surface area contributed by atoms with Crippen LogP contribution >= 0.6 is 0 Å². The van der Waals surface area contributed by atoms with Gasteiger partial charge in [-0.3, -0.25) is 10.1 Å². The average Bonchev–Trinajstić information content (AvgIpc) is 2.75. The molecule has 0 aliphatic carbocycles. The molecule has 1 aromatic rings. The molecule has 2 rings (SSSR count). The van der Waals surface area contributed by atoms with Crippen molar-refractivity contribution in [3.63, 3.8) is 0 Å². The van der Waals surface area contributed by atoms with Crippen LogP contribution in [0.15, 0.2) is 17.0 Å². The van der Waals surface area contributed by atoms with Gasteiger partial charge in [-0.1, -0.05) is 0 Å². The van der Waals surface area contributed by atoms with Gasteiger partial charge in [-0.15, -0.1) is 0 Å². The first-order valence-electron chi connectivity index (χ1n) is 5.55. The predicted octanol–water partition coefficient (Wildman–Crippen LogP) is 0.628. The summed E-state index contributed by atoms with van der Waals surface area (Å²) in [6.45, 7) is -0.263. The molecule has 1 atom stereocenters. The summed E-state index contributed by atoms with van der Waals surface area (Å²) < 4.78 is 51.8. The lowest BCUT2D eigenvalue weighted by atomic mass is 10.3. The van der Waals surface area contributed by atoms with E-state index in [9.17, 15) is 32.4 Å². The van der Waals surface area contributed by atoms with Gasteiger partial charge in [0.25, 0.3) is 0 Å². The summed E-state index contributed by atoms with van der Waals surface area (Å²) in [5.74, 6) is -2.86. The van der Waals surface area contributed by atoms with E-state index in [0.29, 0.717) is 6.07 Å². The number of aliphatic hydroxyl groups excluding tert-OH is 1. The zero-order valence-corrected chi connectivity index (χ0v) is 10.8. The van der Waals surface area contributed by atoms with E-state index in [-0.39, 0.29) is 25.6 Å². The zero-order chi connectivity index (χ0) is 15.1. The minimum absolute atomic E-state index is 0.0336. The van der Waals surface area contributed by atoms with Crippen LogP contribution in [0.1, 0.15) is 6.42 Å². The normalized spacial score (nSPS) is 20.2. The van der Waals surface area contributed by atoms with Gasteiger partial charge in [0.2, 0.25) is 15.8 Å². The van der Waals surface area contributed by atoms with Crippen LogP contribution in [0.4, 0.5) is 14.5 Å². The van der Waals surface area contributed by atoms with Crippen molar-refractivity contribution in [2.45, 2.75) is 17.4 Å². The van der Waals surface area contributed by atoms with Gasteiger partial charge >= 0.3 is 5.69 Å². The maximum atomic E-state index is 13.6. The van der Waals surface area contributed by atoms with Gasteiger partial charge in [-0.25, -0.2) is 12.8 Å². The Labute approximate surface area is 112 Å². The van der Waals surface area contributed by atoms with Gasteiger partial charge in [-0.05, 0) is 6.42 Å². The zero-order valence-electron chi connectivity index (χ0n) is 9.99. The lowest BCUT2D eigenvalue weighted by molar-refractivity contribution is -0.387. The summed E-state index contributed by atoms with van der Waals surface area (Å²) in [7, 11) is -4.35. The summed E-state index contributed by atoms with van der Waals surface area (Å²) in [6.07, 6.45) is -0.687. The van der Waals surface area contributed by atoms with E-state index in [1.54, 1.807) is 0 Å². The molecule has 110 valence electrons. The molecule has 0 radical (unpaired) electrons. The Morgan fingerprint density at radius 1 is 1.35 bits per heavy atom. The summed E-state index contributed by atoms with van der Waals surface area (Å²) in [6, 6.07) is 0.516. The number of sulfonamides is 1. The average molecular weight is 308 g/mol. The Morgan fingerprint density at radius 3 is 2.50 bits per heavy atom. The SMILES string of the molecule is O=[N+]([O-])c1cc(S(=O)(=O)N2CCC(O)C2)c(F)cc1F. The van der Waals surface area contributed by atoms with Crippen molar-refractivity contribution < 1.29 is 27.2 Å². The standard InChI is InChI=1S/C10H10F2N2O5S/c11-7-3-8(12)10(4-9(7)14(16)17)20(18,19)13-2-1-6(15)5-13/h3-4,6,15H,1-2,5H2. The van der Waals surface area contributed by atoms with Crippen LogP contribution in [0.3, 0.4) is 0 Å². The number of nitrogens with zero attached hydrogens (tertiary/aromatic N) is 2. The number of hydrogen-bond donors (Lipinski definition) is 1. The molecule has 20 heavy (non-hydrogen) atoms. The number of rotatable bonds is 3. The number of halogens is 2. The highest BCUT2D eigenvalue weighted by Crippen LogP contribution is 2.28. The van der Waals surface area contributed by atoms with Crippen LogP contribution in [-0.4, -0.2) is 41.9 Å². The van der Waals surface area contributed by atoms with Gasteiger partial charge in [0.1, 0.15) is 10.7 Å². The number of β-amino-alcohol motifs (C(OH)–C–C–N with tert-alkyl or cyclic N) is 1. The second kappa shape index (κ2) is 5.04. The highest BCUT2D eigenvalue weighted by Gasteiger charge is 2.35. The minimum Gasteiger partial charge on any atom is -0.392 e. The molecule has 1 saturated heterocycles. The smallest absolute Gasteiger partial charge is 0.306 e. The number of nitro groups is 1. The fraction of sp³-hybridized carbons (Fsp3) is 0.400. The fourth-order valence-electron chi connectivity index (χ4n) is 1.92. The van der Waals surface area contributed by atoms with E-state index in [1.165, 1.54) is 0 Å². The first-order chi connectivity index (χ1) is 9.23. The fourth-order valence-corrected chi connectivity index (χ4v) is 3.48. The van der Waals surface area contributed by atoms with Crippen LogP contribution in [0.5, 0.6) is 0 Å². The topological polar surface area (TPSA) is 101 Å². The Kier molecular flexibility index (Phi) is 3.71. The Bertz CT molecular complexity index is 664. The third-order valence-electron chi connectivity index (χ3n) is 2.94. The minimum atomic E-state index is -4.35. The van der Waals surface area contributed by atoms with Crippen molar-refractivity contribution in [1.29, 1.82) is 0 Å². The molecule has 7 nitrogen and oxygen atoms in total.